The molecule has 0 unspecified atom stereocenters. The molecule has 0 aromatic heterocycles. The van der Waals surface area contributed by atoms with Gasteiger partial charge in [-0.3, -0.25) is 4.79 Å². The Bertz CT molecular complexity index is 1390. The van der Waals surface area contributed by atoms with Gasteiger partial charge in [0.25, 0.3) is 0 Å². The van der Waals surface area contributed by atoms with E-state index in [-0.39, 0.29) is 75.9 Å². The van der Waals surface area contributed by atoms with Crippen molar-refractivity contribution in [3.05, 3.63) is 0 Å². The van der Waals surface area contributed by atoms with E-state index in [1.165, 1.54) is 0 Å². The normalized spacial score (nSPS) is 63.3. The van der Waals surface area contributed by atoms with Gasteiger partial charge in [-0.25, -0.2) is 0 Å². The summed E-state index contributed by atoms with van der Waals surface area (Å²) in [6.45, 7) is 15.1. The molecule has 48 heavy (non-hydrogen) atoms. The van der Waals surface area contributed by atoms with Crippen molar-refractivity contribution in [1.82, 2.24) is 0 Å². The molecule has 4 heterocycles. The lowest BCUT2D eigenvalue weighted by Crippen LogP contribution is -2.64. The molecule has 3 spiro atoms. The molecule has 4 N–H and O–H groups in total. The van der Waals surface area contributed by atoms with Crippen LogP contribution >= 0.6 is 0 Å². The van der Waals surface area contributed by atoms with Crippen molar-refractivity contribution in [3.8, 4) is 0 Å². The summed E-state index contributed by atoms with van der Waals surface area (Å²) in [7, 11) is 0. The quantitative estimate of drug-likeness (QED) is 0.198. The summed E-state index contributed by atoms with van der Waals surface area (Å²) in [5.41, 5.74) is -1.23. The van der Waals surface area contributed by atoms with Crippen LogP contribution in [-0.4, -0.2) is 99.7 Å². The van der Waals surface area contributed by atoms with Gasteiger partial charge in [0.1, 0.15) is 36.1 Å². The van der Waals surface area contributed by atoms with E-state index in [9.17, 15) is 25.2 Å². The first kappa shape index (κ1) is 33.0. The van der Waals surface area contributed by atoms with E-state index in [0.717, 1.165) is 44.9 Å². The third-order valence-corrected chi connectivity index (χ3v) is 16.8. The molecule has 0 bridgehead atoms. The Hall–Kier alpha value is -0.890. The number of aliphatic hydroxyl groups is 4. The Labute approximate surface area is 283 Å². The van der Waals surface area contributed by atoms with Gasteiger partial charge in [-0.05, 0) is 97.2 Å². The van der Waals surface area contributed by atoms with Gasteiger partial charge < -0.3 is 48.8 Å². The first-order chi connectivity index (χ1) is 22.4. The lowest BCUT2D eigenvalue weighted by Gasteiger charge is -2.65. The number of rotatable bonds is 3. The minimum absolute atomic E-state index is 0.0420. The molecule has 0 amide bonds. The Morgan fingerprint density at radius 2 is 1.56 bits per heavy atom. The first-order valence-electron chi connectivity index (χ1n) is 18.6. The van der Waals surface area contributed by atoms with Crippen LogP contribution in [-0.2, 0) is 33.2 Å². The largest absolute Gasteiger partial charge is 0.462 e. The molecule has 4 aliphatic heterocycles. The van der Waals surface area contributed by atoms with Gasteiger partial charge in [0, 0.05) is 18.8 Å². The molecule has 270 valence electrons. The number of aliphatic hydroxyl groups excluding tert-OH is 4. The fourth-order valence-electron chi connectivity index (χ4n) is 14.6. The molecule has 11 heteroatoms. The molecule has 0 aromatic rings. The van der Waals surface area contributed by atoms with E-state index in [4.69, 9.17) is 28.4 Å². The molecular formula is C37H56O11. The van der Waals surface area contributed by atoms with Crippen molar-refractivity contribution in [3.63, 3.8) is 0 Å². The third-order valence-electron chi connectivity index (χ3n) is 16.8. The highest BCUT2D eigenvalue weighted by molar-refractivity contribution is 5.66. The van der Waals surface area contributed by atoms with Crippen LogP contribution in [0.1, 0.15) is 99.8 Å². The summed E-state index contributed by atoms with van der Waals surface area (Å²) >= 11 is 0. The fraction of sp³-hybridized carbons (Fsp3) is 0.973. The second kappa shape index (κ2) is 9.75. The van der Waals surface area contributed by atoms with Gasteiger partial charge in [0.15, 0.2) is 12.6 Å². The van der Waals surface area contributed by atoms with Crippen molar-refractivity contribution in [2.75, 3.05) is 6.61 Å². The summed E-state index contributed by atoms with van der Waals surface area (Å²) in [5.74, 6) is 0.0295. The lowest BCUT2D eigenvalue weighted by atomic mass is 9.41. The zero-order valence-electron chi connectivity index (χ0n) is 29.5. The molecule has 9 fully saturated rings. The van der Waals surface area contributed by atoms with Crippen molar-refractivity contribution in [1.29, 1.82) is 0 Å². The number of hydrogen-bond acceptors (Lipinski definition) is 11. The molecular weight excluding hydrogens is 620 g/mol. The minimum atomic E-state index is -1.31. The van der Waals surface area contributed by atoms with Gasteiger partial charge in [-0.1, -0.05) is 34.6 Å². The molecule has 0 aromatic carbocycles. The van der Waals surface area contributed by atoms with E-state index in [2.05, 4.69) is 34.6 Å². The highest BCUT2D eigenvalue weighted by Crippen LogP contribution is 2.89. The smallest absolute Gasteiger partial charge is 0.302 e. The molecule has 5 saturated carbocycles. The van der Waals surface area contributed by atoms with E-state index >= 15 is 0 Å². The average molecular weight is 677 g/mol. The van der Waals surface area contributed by atoms with Gasteiger partial charge in [0.2, 0.25) is 5.79 Å². The van der Waals surface area contributed by atoms with E-state index < -0.39 is 42.3 Å². The monoisotopic (exact) mass is 676 g/mol. The molecule has 9 rings (SSSR count). The standard InChI is InChI=1S/C37H56O11/c1-17-12-37(29-34(7,47-29)30(42)48-37)46-20-13-32(5)22-9-8-21-31(3,4)23(45-28-27(41)26(40)19(39)15-43-28)10-11-35(21)16-36(22,35)14-24(44-18(2)38)33(32,6)25(17)20/h17,19-30,39-42H,8-16H2,1-7H3/t17-,19-,20+,21+,22+,23+,24-,25+,26+,27-,28+,29-,30-,32+,33-,34+,35-,36+,37-/m1/s1. The number of epoxide rings is 1. The van der Waals surface area contributed by atoms with Crippen molar-refractivity contribution in [2.45, 2.75) is 167 Å². The summed E-state index contributed by atoms with van der Waals surface area (Å²) in [6, 6.07) is 0. The van der Waals surface area contributed by atoms with Crippen LogP contribution < -0.4 is 0 Å². The second-order valence-electron chi connectivity index (χ2n) is 18.9. The van der Waals surface area contributed by atoms with E-state index in [1.807, 2.05) is 6.92 Å². The average Bonchev–Trinajstić information content (AvgIpc) is 3.84. The minimum Gasteiger partial charge on any atom is -0.462 e. The SMILES string of the molecule is CC(=O)O[C@@H]1C[C@@]23C[C@@]24CC[C@H](O[C@@H]2OC[C@@H](O)[C@H](O)[C@H]2O)C(C)(C)[C@@H]4CC[C@H]3[C@]2(C)C[C@@H]3O[C@]4(C[C@@H](C)[C@@H]3[C@@]12C)O[C@@H](O)[C@@]1(C)O[C@@H]41. The first-order valence-corrected chi connectivity index (χ1v) is 18.6. The zero-order chi connectivity index (χ0) is 34.2. The molecule has 19 atom stereocenters. The molecule has 4 saturated heterocycles. The Morgan fingerprint density at radius 3 is 2.23 bits per heavy atom. The zero-order valence-corrected chi connectivity index (χ0v) is 29.5. The number of carbonyl (C=O) groups is 1. The van der Waals surface area contributed by atoms with Crippen LogP contribution in [0.15, 0.2) is 0 Å². The number of fused-ring (bicyclic) bond motifs is 6. The molecule has 11 nitrogen and oxygen atoms in total. The summed E-state index contributed by atoms with van der Waals surface area (Å²) in [5, 5.41) is 41.7. The number of carbonyl (C=O) groups excluding carboxylic acids is 1. The van der Waals surface area contributed by atoms with Crippen LogP contribution in [0.4, 0.5) is 0 Å². The van der Waals surface area contributed by atoms with Crippen molar-refractivity contribution < 1.29 is 53.6 Å². The summed E-state index contributed by atoms with van der Waals surface area (Å²) < 4.78 is 37.9. The molecule has 0 radical (unpaired) electrons. The van der Waals surface area contributed by atoms with Gasteiger partial charge in [-0.15, -0.1) is 0 Å². The predicted molar refractivity (Wildman–Crippen MR) is 168 cm³/mol. The maximum absolute atomic E-state index is 12.9. The number of esters is 1. The van der Waals surface area contributed by atoms with Crippen LogP contribution in [0.25, 0.3) is 0 Å². The second-order valence-corrected chi connectivity index (χ2v) is 18.9. The van der Waals surface area contributed by atoms with Gasteiger partial charge >= 0.3 is 5.97 Å². The van der Waals surface area contributed by atoms with Crippen LogP contribution in [0.3, 0.4) is 0 Å². The third kappa shape index (κ3) is 3.74. The van der Waals surface area contributed by atoms with Crippen molar-refractivity contribution in [2.24, 2.45) is 50.7 Å². The molecule has 9 aliphatic rings. The predicted octanol–water partition coefficient (Wildman–Crippen LogP) is 3.03. The van der Waals surface area contributed by atoms with Gasteiger partial charge in [0.05, 0.1) is 18.8 Å². The maximum Gasteiger partial charge on any atom is 0.302 e. The highest BCUT2D eigenvalue weighted by atomic mass is 16.8. The molecule has 5 aliphatic carbocycles. The highest BCUT2D eigenvalue weighted by Gasteiger charge is 2.87. The topological polar surface area (TPSA) is 157 Å². The summed E-state index contributed by atoms with van der Waals surface area (Å²) in [4.78, 5) is 12.9. The van der Waals surface area contributed by atoms with Crippen molar-refractivity contribution >= 4 is 5.97 Å². The van der Waals surface area contributed by atoms with Crippen LogP contribution in [0.2, 0.25) is 0 Å². The summed E-state index contributed by atoms with van der Waals surface area (Å²) in [6.07, 6.45) is 0.880. The van der Waals surface area contributed by atoms with E-state index in [0.29, 0.717) is 18.3 Å². The number of ether oxygens (including phenoxy) is 6. The lowest BCUT2D eigenvalue weighted by molar-refractivity contribution is -0.346. The van der Waals surface area contributed by atoms with E-state index in [1.54, 1.807) is 6.92 Å². The Morgan fingerprint density at radius 1 is 0.833 bits per heavy atom. The Kier molecular flexibility index (Phi) is 6.70. The van der Waals surface area contributed by atoms with Crippen LogP contribution in [0, 0.1) is 50.7 Å². The maximum atomic E-state index is 12.9. The van der Waals surface area contributed by atoms with Crippen LogP contribution in [0.5, 0.6) is 0 Å². The fourth-order valence-corrected chi connectivity index (χ4v) is 14.6. The van der Waals surface area contributed by atoms with Gasteiger partial charge in [-0.2, -0.15) is 0 Å². The Balaban J connectivity index is 1.03. The number of hydrogen-bond donors (Lipinski definition) is 4.